The molecule has 1 aliphatic heterocycles. The van der Waals surface area contributed by atoms with Crippen molar-refractivity contribution < 1.29 is 9.21 Å². The summed E-state index contributed by atoms with van der Waals surface area (Å²) in [6.07, 6.45) is 10.6. The van der Waals surface area contributed by atoms with E-state index in [0.717, 1.165) is 6.04 Å². The van der Waals surface area contributed by atoms with Crippen LogP contribution in [0.2, 0.25) is 5.22 Å². The van der Waals surface area contributed by atoms with Gasteiger partial charge in [-0.3, -0.25) is 9.69 Å². The number of hydrogen-bond acceptors (Lipinski definition) is 3. The van der Waals surface area contributed by atoms with E-state index in [1.165, 1.54) is 57.8 Å². The summed E-state index contributed by atoms with van der Waals surface area (Å²) in [7, 11) is 0. The van der Waals surface area contributed by atoms with Gasteiger partial charge in [0.2, 0.25) is 5.22 Å². The van der Waals surface area contributed by atoms with Gasteiger partial charge in [-0.05, 0) is 49.9 Å². The summed E-state index contributed by atoms with van der Waals surface area (Å²) in [5, 5.41) is 3.18. The monoisotopic (exact) mass is 310 g/mol. The van der Waals surface area contributed by atoms with Crippen LogP contribution in [0.1, 0.15) is 55.3 Å². The maximum absolute atomic E-state index is 12.1. The Balaban J connectivity index is 1.54. The second-order valence-corrected chi connectivity index (χ2v) is 6.49. The molecule has 21 heavy (non-hydrogen) atoms. The Morgan fingerprint density at radius 3 is 2.81 bits per heavy atom. The second kappa shape index (κ2) is 6.84. The number of halogens is 1. The molecule has 1 N–H and O–H groups in total. The number of nitrogens with one attached hydrogen (secondary N) is 1. The van der Waals surface area contributed by atoms with E-state index in [-0.39, 0.29) is 11.1 Å². The molecule has 0 aromatic carbocycles. The molecular weight excluding hydrogens is 288 g/mol. The molecule has 1 saturated heterocycles. The van der Waals surface area contributed by atoms with Crippen LogP contribution in [0.15, 0.2) is 16.7 Å². The highest BCUT2D eigenvalue weighted by atomic mass is 35.5. The summed E-state index contributed by atoms with van der Waals surface area (Å²) in [4.78, 5) is 14.7. The molecule has 2 aliphatic rings. The molecule has 2 heterocycles. The minimum atomic E-state index is -0.135. The van der Waals surface area contributed by atoms with Crippen LogP contribution in [0.25, 0.3) is 0 Å². The minimum absolute atomic E-state index is 0.135. The molecule has 1 aromatic rings. The van der Waals surface area contributed by atoms with E-state index in [2.05, 4.69) is 10.2 Å². The second-order valence-electron chi connectivity index (χ2n) is 6.14. The Morgan fingerprint density at radius 1 is 1.29 bits per heavy atom. The summed E-state index contributed by atoms with van der Waals surface area (Å²) >= 11 is 5.84. The fraction of sp³-hybridized carbons (Fsp3) is 0.688. The van der Waals surface area contributed by atoms with Gasteiger partial charge < -0.3 is 9.73 Å². The van der Waals surface area contributed by atoms with Gasteiger partial charge in [-0.1, -0.05) is 19.3 Å². The molecule has 116 valence electrons. The van der Waals surface area contributed by atoms with Crippen molar-refractivity contribution >= 4 is 17.5 Å². The highest BCUT2D eigenvalue weighted by molar-refractivity contribution is 6.32. The van der Waals surface area contributed by atoms with E-state index in [1.807, 2.05) is 0 Å². The van der Waals surface area contributed by atoms with Crippen LogP contribution in [-0.4, -0.2) is 36.0 Å². The van der Waals surface area contributed by atoms with Crippen LogP contribution in [0, 0.1) is 0 Å². The Morgan fingerprint density at radius 2 is 2.10 bits per heavy atom. The first-order chi connectivity index (χ1) is 10.3. The quantitative estimate of drug-likeness (QED) is 0.926. The van der Waals surface area contributed by atoms with Gasteiger partial charge in [-0.2, -0.15) is 0 Å². The number of hydrogen-bond donors (Lipinski definition) is 1. The largest absolute Gasteiger partial charge is 0.452 e. The topological polar surface area (TPSA) is 45.5 Å². The van der Waals surface area contributed by atoms with Gasteiger partial charge in [0.25, 0.3) is 5.91 Å². The van der Waals surface area contributed by atoms with Crippen LogP contribution in [0.3, 0.4) is 0 Å². The standard InChI is InChI=1S/C16H23ClN2O2/c17-15-14(8-10-21-15)16(20)18-11-13-7-4-9-19(13)12-5-2-1-3-6-12/h8,10,12-13H,1-7,9,11H2,(H,18,20)/t13-/m1/s1. The van der Waals surface area contributed by atoms with Crippen molar-refractivity contribution in [3.63, 3.8) is 0 Å². The molecule has 0 radical (unpaired) electrons. The van der Waals surface area contributed by atoms with Gasteiger partial charge in [0.1, 0.15) is 0 Å². The number of nitrogens with zero attached hydrogens (tertiary/aromatic N) is 1. The molecule has 1 atom stereocenters. The summed E-state index contributed by atoms with van der Waals surface area (Å²) in [6.45, 7) is 1.88. The van der Waals surface area contributed by atoms with Crippen LogP contribution in [0.4, 0.5) is 0 Å². The zero-order valence-electron chi connectivity index (χ0n) is 12.3. The van der Waals surface area contributed by atoms with Crippen molar-refractivity contribution in [2.24, 2.45) is 0 Å². The molecule has 1 aliphatic carbocycles. The number of amides is 1. The minimum Gasteiger partial charge on any atom is -0.452 e. The first-order valence-corrected chi connectivity index (χ1v) is 8.40. The summed E-state index contributed by atoms with van der Waals surface area (Å²) in [6, 6.07) is 2.81. The van der Waals surface area contributed by atoms with Crippen molar-refractivity contribution in [3.05, 3.63) is 23.1 Å². The van der Waals surface area contributed by atoms with E-state index in [9.17, 15) is 4.79 Å². The van der Waals surface area contributed by atoms with Gasteiger partial charge >= 0.3 is 0 Å². The fourth-order valence-electron chi connectivity index (χ4n) is 3.73. The van der Waals surface area contributed by atoms with Crippen LogP contribution in [-0.2, 0) is 0 Å². The number of rotatable bonds is 4. The predicted octanol–water partition coefficient (Wildman–Crippen LogP) is 3.46. The van der Waals surface area contributed by atoms with Crippen LogP contribution in [0.5, 0.6) is 0 Å². The van der Waals surface area contributed by atoms with Crippen molar-refractivity contribution in [2.45, 2.75) is 57.0 Å². The van der Waals surface area contributed by atoms with E-state index >= 15 is 0 Å². The van der Waals surface area contributed by atoms with Crippen molar-refractivity contribution in [1.82, 2.24) is 10.2 Å². The lowest BCUT2D eigenvalue weighted by molar-refractivity contribution is 0.0920. The average Bonchev–Trinajstić information content (AvgIpc) is 3.14. The van der Waals surface area contributed by atoms with E-state index in [1.54, 1.807) is 6.07 Å². The molecule has 0 bridgehead atoms. The Hall–Kier alpha value is -1.00. The fourth-order valence-corrected chi connectivity index (χ4v) is 3.93. The highest BCUT2D eigenvalue weighted by Gasteiger charge is 2.31. The average molecular weight is 311 g/mol. The molecule has 1 aromatic heterocycles. The number of furan rings is 1. The number of carbonyl (C=O) groups is 1. The Labute approximate surface area is 130 Å². The molecule has 0 unspecified atom stereocenters. The molecule has 1 amide bonds. The summed E-state index contributed by atoms with van der Waals surface area (Å²) < 4.78 is 4.97. The van der Waals surface area contributed by atoms with Gasteiger partial charge in [-0.15, -0.1) is 0 Å². The smallest absolute Gasteiger partial charge is 0.256 e. The lowest BCUT2D eigenvalue weighted by atomic mass is 9.94. The third-order valence-corrected chi connectivity index (χ3v) is 5.12. The van der Waals surface area contributed by atoms with Gasteiger partial charge in [0.05, 0.1) is 11.8 Å². The Kier molecular flexibility index (Phi) is 4.86. The number of likely N-dealkylation sites (tertiary alicyclic amines) is 1. The first kappa shape index (κ1) is 14.9. The van der Waals surface area contributed by atoms with E-state index < -0.39 is 0 Å². The maximum Gasteiger partial charge on any atom is 0.256 e. The molecule has 2 fully saturated rings. The normalized spacial score (nSPS) is 24.3. The van der Waals surface area contributed by atoms with Crippen molar-refractivity contribution in [3.8, 4) is 0 Å². The predicted molar refractivity (Wildman–Crippen MR) is 82.7 cm³/mol. The summed E-state index contributed by atoms with van der Waals surface area (Å²) in [5.41, 5.74) is 0.430. The highest BCUT2D eigenvalue weighted by Crippen LogP contribution is 2.29. The molecular formula is C16H23ClN2O2. The summed E-state index contributed by atoms with van der Waals surface area (Å²) in [5.74, 6) is -0.135. The molecule has 3 rings (SSSR count). The maximum atomic E-state index is 12.1. The Bertz CT molecular complexity index is 482. The zero-order valence-corrected chi connectivity index (χ0v) is 13.1. The van der Waals surface area contributed by atoms with Gasteiger partial charge in [0.15, 0.2) is 0 Å². The third-order valence-electron chi connectivity index (χ3n) is 4.83. The molecule has 5 heteroatoms. The van der Waals surface area contributed by atoms with Crippen molar-refractivity contribution in [2.75, 3.05) is 13.1 Å². The molecule has 1 saturated carbocycles. The lowest BCUT2D eigenvalue weighted by Gasteiger charge is -2.35. The molecule has 0 spiro atoms. The van der Waals surface area contributed by atoms with E-state index in [0.29, 0.717) is 18.2 Å². The van der Waals surface area contributed by atoms with Crippen LogP contribution >= 0.6 is 11.6 Å². The van der Waals surface area contributed by atoms with E-state index in [4.69, 9.17) is 16.0 Å². The van der Waals surface area contributed by atoms with Crippen molar-refractivity contribution in [1.29, 1.82) is 0 Å². The van der Waals surface area contributed by atoms with Gasteiger partial charge in [0, 0.05) is 18.6 Å². The SMILES string of the molecule is O=C(NC[C@H]1CCCN1C1CCCCC1)c1ccoc1Cl. The zero-order chi connectivity index (χ0) is 14.7. The lowest BCUT2D eigenvalue weighted by Crippen LogP contribution is -2.45. The number of carbonyl (C=O) groups excluding carboxylic acids is 1. The van der Waals surface area contributed by atoms with Crippen LogP contribution < -0.4 is 5.32 Å². The first-order valence-electron chi connectivity index (χ1n) is 8.02. The molecule has 4 nitrogen and oxygen atoms in total. The third kappa shape index (κ3) is 3.43. The van der Waals surface area contributed by atoms with Gasteiger partial charge in [-0.25, -0.2) is 0 Å².